The molecule has 0 aliphatic carbocycles. The van der Waals surface area contributed by atoms with Crippen LogP contribution in [0.2, 0.25) is 0 Å². The summed E-state index contributed by atoms with van der Waals surface area (Å²) in [6, 6.07) is 15.7. The third-order valence-electron chi connectivity index (χ3n) is 5.02. The molecule has 26 heavy (non-hydrogen) atoms. The molecule has 3 heterocycles. The summed E-state index contributed by atoms with van der Waals surface area (Å²) in [4.78, 5) is 12.6. The van der Waals surface area contributed by atoms with Gasteiger partial charge in [-0.05, 0) is 36.2 Å². The minimum absolute atomic E-state index is 0.0281. The number of halogens is 1. The Morgan fingerprint density at radius 3 is 2.62 bits per heavy atom. The lowest BCUT2D eigenvalue weighted by Crippen LogP contribution is -2.34. The average Bonchev–Trinajstić information content (AvgIpc) is 3.14. The molecule has 2 aromatic heterocycles. The SMILES string of the molecule is O=C1c2cccn2CCC1C(O)c1cc[n+](Cc2ccc(Br)cc2)cc1. The van der Waals surface area contributed by atoms with E-state index >= 15 is 0 Å². The summed E-state index contributed by atoms with van der Waals surface area (Å²) >= 11 is 3.44. The summed E-state index contributed by atoms with van der Waals surface area (Å²) in [7, 11) is 0. The van der Waals surface area contributed by atoms with Crippen LogP contribution in [0.3, 0.4) is 0 Å². The summed E-state index contributed by atoms with van der Waals surface area (Å²) in [5.74, 6) is -0.347. The number of aryl methyl sites for hydroxylation is 1. The smallest absolute Gasteiger partial charge is 0.185 e. The van der Waals surface area contributed by atoms with Crippen LogP contribution in [0.5, 0.6) is 0 Å². The van der Waals surface area contributed by atoms with Gasteiger partial charge in [0.05, 0.1) is 17.7 Å². The van der Waals surface area contributed by atoms with Gasteiger partial charge in [0.15, 0.2) is 24.7 Å². The van der Waals surface area contributed by atoms with Gasteiger partial charge in [-0.25, -0.2) is 4.57 Å². The van der Waals surface area contributed by atoms with Gasteiger partial charge in [0.1, 0.15) is 0 Å². The number of nitrogens with zero attached hydrogens (tertiary/aromatic N) is 2. The Bertz CT molecular complexity index is 916. The number of aliphatic hydroxyl groups is 1. The summed E-state index contributed by atoms with van der Waals surface area (Å²) in [5.41, 5.74) is 2.69. The molecule has 2 unspecified atom stereocenters. The molecule has 2 atom stereocenters. The van der Waals surface area contributed by atoms with Gasteiger partial charge < -0.3 is 9.67 Å². The van der Waals surface area contributed by atoms with Crippen LogP contribution in [0.4, 0.5) is 0 Å². The van der Waals surface area contributed by atoms with Gasteiger partial charge in [0, 0.05) is 34.9 Å². The molecule has 0 fully saturated rings. The van der Waals surface area contributed by atoms with Gasteiger partial charge >= 0.3 is 0 Å². The topological polar surface area (TPSA) is 46.1 Å². The maximum atomic E-state index is 12.6. The molecule has 0 saturated carbocycles. The summed E-state index contributed by atoms with van der Waals surface area (Å²) in [6.45, 7) is 1.53. The number of carbonyl (C=O) groups is 1. The number of aliphatic hydroxyl groups excluding tert-OH is 1. The number of pyridine rings is 1. The normalized spacial score (nSPS) is 17.8. The van der Waals surface area contributed by atoms with Crippen molar-refractivity contribution in [3.8, 4) is 0 Å². The van der Waals surface area contributed by atoms with Crippen molar-refractivity contribution in [1.82, 2.24) is 4.57 Å². The van der Waals surface area contributed by atoms with Crippen molar-refractivity contribution >= 4 is 21.7 Å². The molecule has 0 radical (unpaired) electrons. The van der Waals surface area contributed by atoms with Gasteiger partial charge in [-0.2, -0.15) is 0 Å². The van der Waals surface area contributed by atoms with Crippen LogP contribution in [-0.2, 0) is 13.1 Å². The Hall–Kier alpha value is -2.24. The fraction of sp³-hybridized carbons (Fsp3) is 0.238. The first-order chi connectivity index (χ1) is 12.6. The number of Topliss-reactive ketones (excluding diaryl/α,β-unsaturated/α-hetero) is 1. The molecule has 4 nitrogen and oxygen atoms in total. The van der Waals surface area contributed by atoms with E-state index in [2.05, 4.69) is 32.6 Å². The Morgan fingerprint density at radius 2 is 1.88 bits per heavy atom. The van der Waals surface area contributed by atoms with Crippen LogP contribution in [0, 0.1) is 5.92 Å². The zero-order chi connectivity index (χ0) is 18.1. The predicted octanol–water partition coefficient (Wildman–Crippen LogP) is 3.52. The van der Waals surface area contributed by atoms with Crippen LogP contribution in [-0.4, -0.2) is 15.5 Å². The second kappa shape index (κ2) is 7.17. The number of aromatic nitrogens is 2. The van der Waals surface area contributed by atoms with Crippen LogP contribution in [0.15, 0.2) is 71.6 Å². The quantitative estimate of drug-likeness (QED) is 0.667. The Balaban J connectivity index is 1.48. The third kappa shape index (κ3) is 3.37. The van der Waals surface area contributed by atoms with Crippen molar-refractivity contribution < 1.29 is 14.5 Å². The van der Waals surface area contributed by atoms with Crippen LogP contribution in [0.25, 0.3) is 0 Å². The van der Waals surface area contributed by atoms with E-state index in [0.29, 0.717) is 12.1 Å². The number of carbonyl (C=O) groups excluding carboxylic acids is 1. The molecular formula is C21H20BrN2O2+. The Morgan fingerprint density at radius 1 is 1.15 bits per heavy atom. The van der Waals surface area contributed by atoms with Crippen LogP contribution < -0.4 is 4.57 Å². The molecule has 1 aromatic carbocycles. The molecule has 1 aliphatic heterocycles. The third-order valence-corrected chi connectivity index (χ3v) is 5.55. The van der Waals surface area contributed by atoms with E-state index in [-0.39, 0.29) is 11.7 Å². The molecule has 1 aliphatic rings. The van der Waals surface area contributed by atoms with Gasteiger partial charge in [0.25, 0.3) is 0 Å². The van der Waals surface area contributed by atoms with Gasteiger partial charge in [-0.1, -0.05) is 28.1 Å². The van der Waals surface area contributed by atoms with E-state index in [1.807, 2.05) is 59.6 Å². The Labute approximate surface area is 160 Å². The molecule has 1 N–H and O–H groups in total. The summed E-state index contributed by atoms with van der Waals surface area (Å²) in [5, 5.41) is 10.7. The first-order valence-corrected chi connectivity index (χ1v) is 9.52. The lowest BCUT2D eigenvalue weighted by atomic mass is 9.86. The molecule has 0 amide bonds. The fourth-order valence-corrected chi connectivity index (χ4v) is 3.80. The molecular weight excluding hydrogens is 392 g/mol. The molecule has 3 aromatic rings. The maximum Gasteiger partial charge on any atom is 0.185 e. The second-order valence-electron chi connectivity index (χ2n) is 6.72. The second-order valence-corrected chi connectivity index (χ2v) is 7.64. The standard InChI is InChI=1S/C21H20BrN2O2/c22-17-5-3-15(4-6-17)14-23-11-7-16(8-12-23)20(25)18-9-13-24-10-1-2-19(24)21(18)26/h1-8,10-12,18,20,25H,9,13-14H2/q+1. The lowest BCUT2D eigenvalue weighted by Gasteiger charge is -2.27. The van der Waals surface area contributed by atoms with Gasteiger partial charge in [-0.15, -0.1) is 0 Å². The van der Waals surface area contributed by atoms with Crippen LogP contribution >= 0.6 is 15.9 Å². The number of hydrogen-bond donors (Lipinski definition) is 1. The number of fused-ring (bicyclic) bond motifs is 1. The zero-order valence-electron chi connectivity index (χ0n) is 14.3. The number of benzene rings is 1. The molecule has 0 bridgehead atoms. The number of rotatable bonds is 4. The van der Waals surface area contributed by atoms with E-state index < -0.39 is 6.10 Å². The first-order valence-electron chi connectivity index (χ1n) is 8.73. The van der Waals surface area contributed by atoms with Crippen molar-refractivity contribution in [2.24, 2.45) is 5.92 Å². The monoisotopic (exact) mass is 411 g/mol. The van der Waals surface area contributed by atoms with Crippen molar-refractivity contribution in [1.29, 1.82) is 0 Å². The van der Waals surface area contributed by atoms with Crippen molar-refractivity contribution in [2.45, 2.75) is 25.6 Å². The highest BCUT2D eigenvalue weighted by atomic mass is 79.9. The van der Waals surface area contributed by atoms with Gasteiger partial charge in [0.2, 0.25) is 0 Å². The summed E-state index contributed by atoms with van der Waals surface area (Å²) < 4.78 is 5.09. The largest absolute Gasteiger partial charge is 0.388 e. The molecule has 4 rings (SSSR count). The van der Waals surface area contributed by atoms with E-state index in [9.17, 15) is 9.90 Å². The van der Waals surface area contributed by atoms with Crippen molar-refractivity contribution in [3.63, 3.8) is 0 Å². The number of ketones is 1. The first kappa shape index (κ1) is 17.2. The highest BCUT2D eigenvalue weighted by Gasteiger charge is 2.33. The van der Waals surface area contributed by atoms with Crippen molar-refractivity contribution in [3.05, 3.63) is 88.4 Å². The molecule has 132 valence electrons. The minimum atomic E-state index is -0.770. The molecule has 5 heteroatoms. The molecule has 0 saturated heterocycles. The molecule has 0 spiro atoms. The zero-order valence-corrected chi connectivity index (χ0v) is 15.8. The summed E-state index contributed by atoms with van der Waals surface area (Å²) in [6.07, 6.45) is 5.72. The van der Waals surface area contributed by atoms with Gasteiger partial charge in [-0.3, -0.25) is 4.79 Å². The minimum Gasteiger partial charge on any atom is -0.388 e. The lowest BCUT2D eigenvalue weighted by molar-refractivity contribution is -0.688. The van der Waals surface area contributed by atoms with E-state index in [1.54, 1.807) is 0 Å². The Kier molecular flexibility index (Phi) is 4.74. The highest BCUT2D eigenvalue weighted by Crippen LogP contribution is 2.31. The predicted molar refractivity (Wildman–Crippen MR) is 102 cm³/mol. The average molecular weight is 412 g/mol. The maximum absolute atomic E-state index is 12.6. The fourth-order valence-electron chi connectivity index (χ4n) is 3.54. The van der Waals surface area contributed by atoms with Crippen molar-refractivity contribution in [2.75, 3.05) is 0 Å². The van der Waals surface area contributed by atoms with E-state index in [1.165, 1.54) is 5.56 Å². The van der Waals surface area contributed by atoms with E-state index in [0.717, 1.165) is 23.1 Å². The number of hydrogen-bond acceptors (Lipinski definition) is 2. The highest BCUT2D eigenvalue weighted by molar-refractivity contribution is 9.10. The van der Waals surface area contributed by atoms with Crippen LogP contribution in [0.1, 0.15) is 34.1 Å². The van der Waals surface area contributed by atoms with E-state index in [4.69, 9.17) is 0 Å².